The molecule has 1 aromatic rings. The van der Waals surface area contributed by atoms with E-state index in [1.54, 1.807) is 12.1 Å². The van der Waals surface area contributed by atoms with Crippen LogP contribution in [0.25, 0.3) is 0 Å². The normalized spacial score (nSPS) is 17.6. The van der Waals surface area contributed by atoms with Crippen LogP contribution in [0.4, 0.5) is 5.69 Å². The summed E-state index contributed by atoms with van der Waals surface area (Å²) in [5.74, 6) is 0.838. The number of hydrogen-bond donors (Lipinski definition) is 2. The second-order valence-electron chi connectivity index (χ2n) is 5.59. The molecule has 0 radical (unpaired) electrons. The molecule has 124 valence electrons. The minimum absolute atomic E-state index is 0.0762. The lowest BCUT2D eigenvalue weighted by Crippen LogP contribution is -3.10. The molecule has 0 saturated carbocycles. The van der Waals surface area contributed by atoms with Crippen molar-refractivity contribution in [2.24, 2.45) is 5.10 Å². The highest BCUT2D eigenvalue weighted by Gasteiger charge is 2.14. The number of nitrogens with one attached hydrogen (secondary N) is 2. The molecule has 1 aliphatic heterocycles. The standard InChI is InChI=1S/C15H20N4O3S/c1-18-8-6-13(7-9-18)16-17-15(20)11-23-10-12-2-4-14(5-3-12)19(21)22/h2-5H,6-11H2,1H3,(H,17,20)/p+1. The summed E-state index contributed by atoms with van der Waals surface area (Å²) in [5, 5.41) is 14.8. The van der Waals surface area contributed by atoms with Crippen molar-refractivity contribution in [2.75, 3.05) is 25.9 Å². The Morgan fingerprint density at radius 1 is 1.35 bits per heavy atom. The number of non-ortho nitro benzene ring substituents is 1. The largest absolute Gasteiger partial charge is 0.337 e. The highest BCUT2D eigenvalue weighted by atomic mass is 32.2. The van der Waals surface area contributed by atoms with Crippen molar-refractivity contribution in [1.82, 2.24) is 5.43 Å². The summed E-state index contributed by atoms with van der Waals surface area (Å²) < 4.78 is 0. The van der Waals surface area contributed by atoms with Crippen molar-refractivity contribution >= 4 is 29.1 Å². The molecule has 1 aromatic carbocycles. The molecule has 7 nitrogen and oxygen atoms in total. The number of nitro groups is 1. The van der Waals surface area contributed by atoms with Crippen LogP contribution >= 0.6 is 11.8 Å². The predicted octanol–water partition coefficient (Wildman–Crippen LogP) is 0.609. The van der Waals surface area contributed by atoms with Gasteiger partial charge in [0.25, 0.3) is 5.69 Å². The van der Waals surface area contributed by atoms with Crippen LogP contribution in [0.5, 0.6) is 0 Å². The highest BCUT2D eigenvalue weighted by Crippen LogP contribution is 2.16. The summed E-state index contributed by atoms with van der Waals surface area (Å²) in [5.41, 5.74) is 4.70. The zero-order chi connectivity index (χ0) is 16.7. The van der Waals surface area contributed by atoms with Gasteiger partial charge in [0.15, 0.2) is 0 Å². The number of amides is 1. The topological polar surface area (TPSA) is 89.0 Å². The lowest BCUT2D eigenvalue weighted by molar-refractivity contribution is -0.880. The van der Waals surface area contributed by atoms with Gasteiger partial charge in [0.2, 0.25) is 5.91 Å². The van der Waals surface area contributed by atoms with E-state index in [1.165, 1.54) is 28.8 Å². The number of quaternary nitrogens is 1. The van der Waals surface area contributed by atoms with Crippen molar-refractivity contribution < 1.29 is 14.6 Å². The van der Waals surface area contributed by atoms with Gasteiger partial charge in [-0.25, -0.2) is 5.43 Å². The van der Waals surface area contributed by atoms with Gasteiger partial charge in [-0.15, -0.1) is 11.8 Å². The number of hydrazone groups is 1. The van der Waals surface area contributed by atoms with E-state index in [0.717, 1.165) is 37.2 Å². The fourth-order valence-corrected chi connectivity index (χ4v) is 3.01. The van der Waals surface area contributed by atoms with Crippen molar-refractivity contribution in [2.45, 2.75) is 18.6 Å². The number of rotatable bonds is 6. The molecule has 0 aliphatic carbocycles. The molecular weight excluding hydrogens is 316 g/mol. The maximum Gasteiger partial charge on any atom is 0.269 e. The summed E-state index contributed by atoms with van der Waals surface area (Å²) >= 11 is 1.46. The number of hydrogen-bond acceptors (Lipinski definition) is 5. The van der Waals surface area contributed by atoms with E-state index < -0.39 is 4.92 Å². The van der Waals surface area contributed by atoms with Gasteiger partial charge in [0.05, 0.1) is 30.8 Å². The molecule has 0 spiro atoms. The Kier molecular flexibility index (Phi) is 6.54. The molecule has 0 bridgehead atoms. The zero-order valence-electron chi connectivity index (χ0n) is 13.1. The number of likely N-dealkylation sites (tertiary alicyclic amines) is 1. The third-order valence-corrected chi connectivity index (χ3v) is 4.67. The van der Waals surface area contributed by atoms with Crippen LogP contribution in [0, 0.1) is 10.1 Å². The van der Waals surface area contributed by atoms with E-state index in [9.17, 15) is 14.9 Å². The Labute approximate surface area is 139 Å². The minimum Gasteiger partial charge on any atom is -0.337 e. The summed E-state index contributed by atoms with van der Waals surface area (Å²) in [6.45, 7) is 2.12. The van der Waals surface area contributed by atoms with Crippen LogP contribution in [-0.4, -0.2) is 42.4 Å². The minimum atomic E-state index is -0.423. The van der Waals surface area contributed by atoms with Gasteiger partial charge in [-0.05, 0) is 5.56 Å². The summed E-state index contributed by atoms with van der Waals surface area (Å²) in [4.78, 5) is 23.4. The second-order valence-corrected chi connectivity index (χ2v) is 6.57. The molecule has 1 aliphatic rings. The Morgan fingerprint density at radius 3 is 2.61 bits per heavy atom. The van der Waals surface area contributed by atoms with E-state index in [2.05, 4.69) is 17.6 Å². The van der Waals surface area contributed by atoms with Crippen molar-refractivity contribution in [3.05, 3.63) is 39.9 Å². The third kappa shape index (κ3) is 5.99. The number of carbonyl (C=O) groups excluding carboxylic acids is 1. The van der Waals surface area contributed by atoms with Crippen molar-refractivity contribution in [3.63, 3.8) is 0 Å². The number of benzene rings is 1. The Morgan fingerprint density at radius 2 is 2.00 bits per heavy atom. The lowest BCUT2D eigenvalue weighted by Gasteiger charge is -2.20. The van der Waals surface area contributed by atoms with Gasteiger partial charge in [-0.3, -0.25) is 14.9 Å². The summed E-state index contributed by atoms with van der Waals surface area (Å²) in [6.07, 6.45) is 1.87. The second kappa shape index (κ2) is 8.64. The highest BCUT2D eigenvalue weighted by molar-refractivity contribution is 7.99. The van der Waals surface area contributed by atoms with Crippen LogP contribution in [0.2, 0.25) is 0 Å². The summed E-state index contributed by atoms with van der Waals surface area (Å²) in [7, 11) is 2.16. The first-order valence-electron chi connectivity index (χ1n) is 7.51. The molecule has 2 N–H and O–H groups in total. The van der Waals surface area contributed by atoms with Gasteiger partial charge in [-0.1, -0.05) is 12.1 Å². The molecule has 2 rings (SSSR count). The predicted molar refractivity (Wildman–Crippen MR) is 90.7 cm³/mol. The quantitative estimate of drug-likeness (QED) is 0.588. The van der Waals surface area contributed by atoms with Gasteiger partial charge < -0.3 is 4.90 Å². The van der Waals surface area contributed by atoms with E-state index in [-0.39, 0.29) is 11.6 Å². The average Bonchev–Trinajstić information content (AvgIpc) is 2.55. The lowest BCUT2D eigenvalue weighted by atomic mass is 10.1. The van der Waals surface area contributed by atoms with Crippen LogP contribution in [-0.2, 0) is 10.5 Å². The first kappa shape index (κ1) is 17.4. The maximum absolute atomic E-state index is 11.8. The zero-order valence-corrected chi connectivity index (χ0v) is 13.9. The SMILES string of the molecule is C[NH+]1CCC(=NNC(=O)CSCc2ccc([N+](=O)[O-])cc2)CC1. The van der Waals surface area contributed by atoms with E-state index in [0.29, 0.717) is 11.5 Å². The van der Waals surface area contributed by atoms with E-state index in [1.807, 2.05) is 0 Å². The van der Waals surface area contributed by atoms with Gasteiger partial charge in [0, 0.05) is 36.4 Å². The Balaban J connectivity index is 1.68. The number of carbonyl (C=O) groups is 1. The molecule has 0 atom stereocenters. The molecule has 1 amide bonds. The van der Waals surface area contributed by atoms with Crippen molar-refractivity contribution in [1.29, 1.82) is 0 Å². The smallest absolute Gasteiger partial charge is 0.269 e. The maximum atomic E-state index is 11.8. The van der Waals surface area contributed by atoms with Crippen molar-refractivity contribution in [3.8, 4) is 0 Å². The molecule has 8 heteroatoms. The summed E-state index contributed by atoms with van der Waals surface area (Å²) in [6, 6.07) is 6.38. The number of thioether (sulfide) groups is 1. The Hall–Kier alpha value is -1.93. The first-order valence-corrected chi connectivity index (χ1v) is 8.66. The number of nitrogens with zero attached hydrogens (tertiary/aromatic N) is 2. The number of piperidine rings is 1. The molecule has 0 unspecified atom stereocenters. The average molecular weight is 337 g/mol. The van der Waals surface area contributed by atoms with Crippen LogP contribution in [0.3, 0.4) is 0 Å². The van der Waals surface area contributed by atoms with Crippen LogP contribution < -0.4 is 10.3 Å². The van der Waals surface area contributed by atoms with E-state index in [4.69, 9.17) is 0 Å². The Bertz CT molecular complexity index is 579. The molecule has 1 saturated heterocycles. The molecule has 1 fully saturated rings. The first-order chi connectivity index (χ1) is 11.0. The van der Waals surface area contributed by atoms with E-state index >= 15 is 0 Å². The molecule has 23 heavy (non-hydrogen) atoms. The van der Waals surface area contributed by atoms with Gasteiger partial charge >= 0.3 is 0 Å². The van der Waals surface area contributed by atoms with Crippen LogP contribution in [0.15, 0.2) is 29.4 Å². The fourth-order valence-electron chi connectivity index (χ4n) is 2.23. The molecular formula is C15H21N4O3S+. The fraction of sp³-hybridized carbons (Fsp3) is 0.467. The third-order valence-electron chi connectivity index (χ3n) is 3.67. The molecule has 0 aromatic heterocycles. The number of nitro benzene ring substituents is 1. The molecule has 1 heterocycles. The van der Waals surface area contributed by atoms with Gasteiger partial charge in [-0.2, -0.15) is 5.10 Å². The van der Waals surface area contributed by atoms with Crippen LogP contribution in [0.1, 0.15) is 18.4 Å². The van der Waals surface area contributed by atoms with Gasteiger partial charge in [0.1, 0.15) is 0 Å². The monoisotopic (exact) mass is 337 g/mol.